The highest BCUT2D eigenvalue weighted by molar-refractivity contribution is 5.87. The van der Waals surface area contributed by atoms with E-state index >= 15 is 0 Å². The van der Waals surface area contributed by atoms with Crippen molar-refractivity contribution in [2.45, 2.75) is 58.0 Å². The summed E-state index contributed by atoms with van der Waals surface area (Å²) in [5, 5.41) is 15.7. The third-order valence-corrected chi connectivity index (χ3v) is 3.86. The van der Waals surface area contributed by atoms with Crippen LogP contribution in [0, 0.1) is 13.8 Å². The van der Waals surface area contributed by atoms with Crippen molar-refractivity contribution in [3.8, 4) is 0 Å². The second-order valence-electron chi connectivity index (χ2n) is 5.61. The number of carbonyl (C=O) groups is 1. The summed E-state index contributed by atoms with van der Waals surface area (Å²) < 4.78 is 5.28. The van der Waals surface area contributed by atoms with Gasteiger partial charge in [-0.3, -0.25) is 5.32 Å². The van der Waals surface area contributed by atoms with Crippen LogP contribution in [0.25, 0.3) is 0 Å². The molecule has 0 aromatic carbocycles. The number of nitrogens with zero attached hydrogens (tertiary/aromatic N) is 1. The quantitative estimate of drug-likeness (QED) is 0.743. The van der Waals surface area contributed by atoms with E-state index in [0.717, 1.165) is 44.2 Å². The molecule has 6 nitrogen and oxygen atoms in total. The van der Waals surface area contributed by atoms with Gasteiger partial charge in [-0.15, -0.1) is 0 Å². The number of aliphatic hydroxyl groups is 1. The van der Waals surface area contributed by atoms with Gasteiger partial charge in [0.05, 0.1) is 11.3 Å². The zero-order chi connectivity index (χ0) is 14.6. The molecule has 1 heterocycles. The van der Waals surface area contributed by atoms with Crippen LogP contribution in [0.15, 0.2) is 4.42 Å². The number of rotatable bonds is 3. The van der Waals surface area contributed by atoms with E-state index in [1.807, 2.05) is 6.92 Å². The van der Waals surface area contributed by atoms with Crippen LogP contribution < -0.4 is 10.6 Å². The average Bonchev–Trinajstić information content (AvgIpc) is 2.60. The fourth-order valence-corrected chi connectivity index (χ4v) is 2.48. The van der Waals surface area contributed by atoms with Crippen molar-refractivity contribution in [3.05, 3.63) is 11.5 Å². The molecule has 112 valence electrons. The average molecular weight is 281 g/mol. The number of urea groups is 1. The zero-order valence-electron chi connectivity index (χ0n) is 12.2. The highest BCUT2D eigenvalue weighted by Crippen LogP contribution is 2.26. The van der Waals surface area contributed by atoms with E-state index in [9.17, 15) is 9.90 Å². The van der Waals surface area contributed by atoms with Crippen molar-refractivity contribution >= 4 is 12.0 Å². The molecule has 6 heteroatoms. The molecule has 0 aliphatic heterocycles. The van der Waals surface area contributed by atoms with Crippen molar-refractivity contribution in [3.63, 3.8) is 0 Å². The molecule has 1 aromatic rings. The predicted molar refractivity (Wildman–Crippen MR) is 75.7 cm³/mol. The summed E-state index contributed by atoms with van der Waals surface area (Å²) in [6, 6.07) is -0.214. The van der Waals surface area contributed by atoms with Gasteiger partial charge in [0.25, 0.3) is 0 Å². The molecule has 1 saturated carbocycles. The van der Waals surface area contributed by atoms with Crippen molar-refractivity contribution in [1.29, 1.82) is 0 Å². The van der Waals surface area contributed by atoms with Crippen LogP contribution in [0.5, 0.6) is 0 Å². The minimum atomic E-state index is -0.781. The molecule has 1 aliphatic carbocycles. The molecule has 1 aromatic heterocycles. The van der Waals surface area contributed by atoms with Crippen molar-refractivity contribution < 1.29 is 14.3 Å². The maximum atomic E-state index is 11.8. The summed E-state index contributed by atoms with van der Waals surface area (Å²) in [6.07, 6.45) is 5.82. The van der Waals surface area contributed by atoms with E-state index in [0.29, 0.717) is 5.76 Å². The van der Waals surface area contributed by atoms with Gasteiger partial charge in [-0.25, -0.2) is 4.79 Å². The number of amides is 2. The maximum Gasteiger partial charge on any atom is 0.322 e. The van der Waals surface area contributed by atoms with E-state index in [-0.39, 0.29) is 12.6 Å². The summed E-state index contributed by atoms with van der Waals surface area (Å²) in [5.74, 6) is 0.683. The lowest BCUT2D eigenvalue weighted by Gasteiger charge is -2.26. The Bertz CT molecular complexity index is 443. The third-order valence-electron chi connectivity index (χ3n) is 3.86. The summed E-state index contributed by atoms with van der Waals surface area (Å²) in [4.78, 5) is 15.8. The normalized spacial score (nSPS) is 18.4. The number of aromatic nitrogens is 1. The van der Waals surface area contributed by atoms with Crippen molar-refractivity contribution in [2.75, 3.05) is 11.9 Å². The predicted octanol–water partition coefficient (Wildman–Crippen LogP) is 2.50. The summed E-state index contributed by atoms with van der Waals surface area (Å²) >= 11 is 0. The van der Waals surface area contributed by atoms with Gasteiger partial charge >= 0.3 is 12.0 Å². The fourth-order valence-electron chi connectivity index (χ4n) is 2.48. The molecule has 0 radical (unpaired) electrons. The van der Waals surface area contributed by atoms with Crippen molar-refractivity contribution in [2.24, 2.45) is 0 Å². The van der Waals surface area contributed by atoms with E-state index in [2.05, 4.69) is 15.6 Å². The summed E-state index contributed by atoms with van der Waals surface area (Å²) in [6.45, 7) is 3.87. The molecule has 0 spiro atoms. The van der Waals surface area contributed by atoms with Crippen molar-refractivity contribution in [1.82, 2.24) is 10.3 Å². The third kappa shape index (κ3) is 3.96. The Morgan fingerprint density at radius 1 is 1.30 bits per heavy atom. The SMILES string of the molecule is Cc1nc(NC(=O)NCC2(O)CCCCCC2)oc1C. The smallest absolute Gasteiger partial charge is 0.322 e. The van der Waals surface area contributed by atoms with Crippen LogP contribution in [0.2, 0.25) is 0 Å². The molecule has 1 aliphatic rings. The highest BCUT2D eigenvalue weighted by Gasteiger charge is 2.28. The Labute approximate surface area is 119 Å². The molecule has 0 unspecified atom stereocenters. The lowest BCUT2D eigenvalue weighted by atomic mass is 9.95. The van der Waals surface area contributed by atoms with Gasteiger partial charge in [0.15, 0.2) is 0 Å². The Hall–Kier alpha value is -1.56. The van der Waals surface area contributed by atoms with Gasteiger partial charge in [-0.05, 0) is 26.7 Å². The van der Waals surface area contributed by atoms with Gasteiger partial charge in [0.2, 0.25) is 0 Å². The Balaban J connectivity index is 1.82. The topological polar surface area (TPSA) is 87.4 Å². The number of anilines is 1. The molecule has 2 rings (SSSR count). The monoisotopic (exact) mass is 281 g/mol. The summed E-state index contributed by atoms with van der Waals surface area (Å²) in [7, 11) is 0. The largest absolute Gasteiger partial charge is 0.428 e. The molecular formula is C14H23N3O3. The number of oxazole rings is 1. The van der Waals surface area contributed by atoms with E-state index < -0.39 is 11.6 Å². The van der Waals surface area contributed by atoms with Crippen LogP contribution in [0.1, 0.15) is 50.0 Å². The van der Waals surface area contributed by atoms with Gasteiger partial charge < -0.3 is 14.8 Å². The van der Waals surface area contributed by atoms with Crippen LogP contribution in [-0.4, -0.2) is 28.3 Å². The minimum Gasteiger partial charge on any atom is -0.428 e. The standard InChI is InChI=1S/C14H23N3O3/c1-10-11(2)20-13(16-10)17-12(18)15-9-14(19)7-5-3-4-6-8-14/h19H,3-9H2,1-2H3,(H2,15,16,17,18). The first-order chi connectivity index (χ1) is 9.48. The van der Waals surface area contributed by atoms with Gasteiger partial charge in [-0.1, -0.05) is 25.7 Å². The van der Waals surface area contributed by atoms with Gasteiger partial charge in [0, 0.05) is 6.54 Å². The number of nitrogens with one attached hydrogen (secondary N) is 2. The Morgan fingerprint density at radius 2 is 1.95 bits per heavy atom. The zero-order valence-corrected chi connectivity index (χ0v) is 12.2. The second kappa shape index (κ2) is 6.26. The summed E-state index contributed by atoms with van der Waals surface area (Å²) in [5.41, 5.74) is -0.0290. The number of hydrogen-bond donors (Lipinski definition) is 3. The lowest BCUT2D eigenvalue weighted by Crippen LogP contribution is -2.44. The molecule has 0 atom stereocenters. The van der Waals surface area contributed by atoms with Gasteiger partial charge in [0.1, 0.15) is 5.76 Å². The Kier molecular flexibility index (Phi) is 4.65. The molecule has 0 bridgehead atoms. The fraction of sp³-hybridized carbons (Fsp3) is 0.714. The molecule has 20 heavy (non-hydrogen) atoms. The first kappa shape index (κ1) is 14.8. The van der Waals surface area contributed by atoms with Crippen LogP contribution in [0.4, 0.5) is 10.8 Å². The highest BCUT2D eigenvalue weighted by atomic mass is 16.4. The van der Waals surface area contributed by atoms with Gasteiger partial charge in [-0.2, -0.15) is 4.98 Å². The number of aryl methyl sites for hydroxylation is 2. The van der Waals surface area contributed by atoms with Crippen LogP contribution >= 0.6 is 0 Å². The first-order valence-corrected chi connectivity index (χ1v) is 7.20. The molecular weight excluding hydrogens is 258 g/mol. The Morgan fingerprint density at radius 3 is 2.50 bits per heavy atom. The second-order valence-corrected chi connectivity index (χ2v) is 5.61. The molecule has 3 N–H and O–H groups in total. The van der Waals surface area contributed by atoms with E-state index in [1.165, 1.54) is 0 Å². The molecule has 1 fully saturated rings. The van der Waals surface area contributed by atoms with Crippen LogP contribution in [-0.2, 0) is 0 Å². The van der Waals surface area contributed by atoms with E-state index in [4.69, 9.17) is 4.42 Å². The molecule has 2 amide bonds. The maximum absolute atomic E-state index is 11.8. The number of carbonyl (C=O) groups excluding carboxylic acids is 1. The van der Waals surface area contributed by atoms with Crippen LogP contribution in [0.3, 0.4) is 0 Å². The molecule has 0 saturated heterocycles. The first-order valence-electron chi connectivity index (χ1n) is 7.20. The minimum absolute atomic E-state index is 0.186. The lowest BCUT2D eigenvalue weighted by molar-refractivity contribution is 0.0281. The number of hydrogen-bond acceptors (Lipinski definition) is 4. The van der Waals surface area contributed by atoms with E-state index in [1.54, 1.807) is 6.92 Å².